The fraction of sp³-hybridized carbons (Fsp3) is 0.909. The average molecular weight is 231 g/mol. The van der Waals surface area contributed by atoms with Gasteiger partial charge in [-0.2, -0.15) is 0 Å². The number of hydrogen-bond acceptors (Lipinski definition) is 3. The van der Waals surface area contributed by atoms with Crippen LogP contribution in [0.25, 0.3) is 0 Å². The molecule has 0 aliphatic carbocycles. The Morgan fingerprint density at radius 2 is 1.69 bits per heavy atom. The Morgan fingerprint density at radius 3 is 2.31 bits per heavy atom. The number of hydrogen-bond donors (Lipinski definition) is 3. The molecule has 0 saturated heterocycles. The summed E-state index contributed by atoms with van der Waals surface area (Å²) in [5, 5.41) is 8.66. The van der Waals surface area contributed by atoms with Crippen LogP contribution in [0.4, 0.5) is 4.79 Å². The van der Waals surface area contributed by atoms with Gasteiger partial charge < -0.3 is 20.7 Å². The number of rotatable bonds is 10. The fourth-order valence-corrected chi connectivity index (χ4v) is 1.18. The van der Waals surface area contributed by atoms with Crippen molar-refractivity contribution in [3.8, 4) is 0 Å². The standard InChI is InChI=1S/C11H25N3O2/c1-3-12-7-5-9-16-10-6-8-14-11(15)13-4-2/h12H,3-10H2,1-2H3,(H2,13,14,15). The van der Waals surface area contributed by atoms with Crippen LogP contribution in [0.3, 0.4) is 0 Å². The molecule has 0 atom stereocenters. The first-order chi connectivity index (χ1) is 7.81. The summed E-state index contributed by atoms with van der Waals surface area (Å²) in [4.78, 5) is 11.0. The number of ether oxygens (including phenoxy) is 1. The molecule has 0 rings (SSSR count). The minimum atomic E-state index is -0.102. The molecule has 96 valence electrons. The van der Waals surface area contributed by atoms with Crippen molar-refractivity contribution in [1.29, 1.82) is 0 Å². The first-order valence-corrected chi connectivity index (χ1v) is 6.11. The van der Waals surface area contributed by atoms with Crippen molar-refractivity contribution >= 4 is 6.03 Å². The first kappa shape index (κ1) is 15.2. The summed E-state index contributed by atoms with van der Waals surface area (Å²) in [5.41, 5.74) is 0. The molecule has 3 N–H and O–H groups in total. The Bertz CT molecular complexity index is 165. The topological polar surface area (TPSA) is 62.4 Å². The van der Waals surface area contributed by atoms with E-state index in [0.717, 1.165) is 32.5 Å². The number of amides is 2. The number of urea groups is 1. The van der Waals surface area contributed by atoms with Crippen molar-refractivity contribution in [3.05, 3.63) is 0 Å². The van der Waals surface area contributed by atoms with Crippen LogP contribution in [0.5, 0.6) is 0 Å². The molecule has 0 heterocycles. The van der Waals surface area contributed by atoms with Gasteiger partial charge >= 0.3 is 6.03 Å². The maximum absolute atomic E-state index is 11.0. The van der Waals surface area contributed by atoms with Crippen LogP contribution in [-0.2, 0) is 4.74 Å². The van der Waals surface area contributed by atoms with Gasteiger partial charge in [0.2, 0.25) is 0 Å². The first-order valence-electron chi connectivity index (χ1n) is 6.11. The van der Waals surface area contributed by atoms with Gasteiger partial charge in [-0.25, -0.2) is 4.79 Å². The van der Waals surface area contributed by atoms with Gasteiger partial charge in [0.1, 0.15) is 0 Å². The van der Waals surface area contributed by atoms with Gasteiger partial charge in [-0.3, -0.25) is 0 Å². The number of carbonyl (C=O) groups excluding carboxylic acids is 1. The Morgan fingerprint density at radius 1 is 1.00 bits per heavy atom. The van der Waals surface area contributed by atoms with Crippen LogP contribution in [-0.4, -0.2) is 45.4 Å². The van der Waals surface area contributed by atoms with Crippen LogP contribution < -0.4 is 16.0 Å². The largest absolute Gasteiger partial charge is 0.381 e. The highest BCUT2D eigenvalue weighted by Gasteiger charge is 1.95. The molecule has 2 amide bonds. The summed E-state index contributed by atoms with van der Waals surface area (Å²) in [6.45, 7) is 8.82. The molecular weight excluding hydrogens is 206 g/mol. The second kappa shape index (κ2) is 12.3. The average Bonchev–Trinajstić information content (AvgIpc) is 2.27. The summed E-state index contributed by atoms with van der Waals surface area (Å²) < 4.78 is 5.41. The SMILES string of the molecule is CCNCCCOCCCNC(=O)NCC. The lowest BCUT2D eigenvalue weighted by atomic mass is 10.4. The van der Waals surface area contributed by atoms with E-state index in [2.05, 4.69) is 22.9 Å². The molecule has 0 radical (unpaired) electrons. The van der Waals surface area contributed by atoms with Crippen LogP contribution >= 0.6 is 0 Å². The quantitative estimate of drug-likeness (QED) is 0.485. The van der Waals surface area contributed by atoms with Gasteiger partial charge in [-0.05, 0) is 32.9 Å². The van der Waals surface area contributed by atoms with Crippen molar-refractivity contribution in [1.82, 2.24) is 16.0 Å². The molecule has 0 aromatic rings. The van der Waals surface area contributed by atoms with E-state index in [1.807, 2.05) is 6.92 Å². The molecule has 0 aliphatic rings. The fourth-order valence-electron chi connectivity index (χ4n) is 1.18. The van der Waals surface area contributed by atoms with Crippen LogP contribution in [0, 0.1) is 0 Å². The van der Waals surface area contributed by atoms with E-state index in [-0.39, 0.29) is 6.03 Å². The monoisotopic (exact) mass is 231 g/mol. The highest BCUT2D eigenvalue weighted by Crippen LogP contribution is 1.84. The van der Waals surface area contributed by atoms with Crippen molar-refractivity contribution in [2.24, 2.45) is 0 Å². The Kier molecular flexibility index (Phi) is 11.6. The zero-order valence-electron chi connectivity index (χ0n) is 10.5. The Labute approximate surface area is 98.3 Å². The molecule has 0 unspecified atom stereocenters. The van der Waals surface area contributed by atoms with Gasteiger partial charge in [-0.1, -0.05) is 6.92 Å². The zero-order chi connectivity index (χ0) is 12.1. The molecule has 0 bridgehead atoms. The smallest absolute Gasteiger partial charge is 0.314 e. The van der Waals surface area contributed by atoms with E-state index in [4.69, 9.17) is 4.74 Å². The van der Waals surface area contributed by atoms with Gasteiger partial charge in [-0.15, -0.1) is 0 Å². The Balaban J connectivity index is 3.01. The minimum Gasteiger partial charge on any atom is -0.381 e. The number of carbonyl (C=O) groups is 1. The lowest BCUT2D eigenvalue weighted by Gasteiger charge is -2.06. The summed E-state index contributed by atoms with van der Waals surface area (Å²) in [7, 11) is 0. The second-order valence-corrected chi connectivity index (χ2v) is 3.46. The zero-order valence-corrected chi connectivity index (χ0v) is 10.5. The molecule has 0 saturated carbocycles. The predicted molar refractivity (Wildman–Crippen MR) is 65.7 cm³/mol. The minimum absolute atomic E-state index is 0.102. The van der Waals surface area contributed by atoms with Crippen molar-refractivity contribution in [2.45, 2.75) is 26.7 Å². The van der Waals surface area contributed by atoms with Crippen LogP contribution in [0.2, 0.25) is 0 Å². The van der Waals surface area contributed by atoms with Crippen LogP contribution in [0.15, 0.2) is 0 Å². The molecule has 0 aromatic carbocycles. The molecule has 0 aromatic heterocycles. The highest BCUT2D eigenvalue weighted by atomic mass is 16.5. The molecule has 0 aliphatic heterocycles. The summed E-state index contributed by atoms with van der Waals surface area (Å²) in [6.07, 6.45) is 1.90. The molecule has 5 nitrogen and oxygen atoms in total. The van der Waals surface area contributed by atoms with E-state index < -0.39 is 0 Å². The molecular formula is C11H25N3O2. The van der Waals surface area contributed by atoms with E-state index in [1.54, 1.807) is 0 Å². The second-order valence-electron chi connectivity index (χ2n) is 3.46. The maximum atomic E-state index is 11.0. The van der Waals surface area contributed by atoms with Crippen molar-refractivity contribution in [2.75, 3.05) is 39.4 Å². The van der Waals surface area contributed by atoms with Crippen molar-refractivity contribution < 1.29 is 9.53 Å². The van der Waals surface area contributed by atoms with Gasteiger partial charge in [0.15, 0.2) is 0 Å². The molecule has 0 spiro atoms. The van der Waals surface area contributed by atoms with E-state index >= 15 is 0 Å². The summed E-state index contributed by atoms with van der Waals surface area (Å²) in [6, 6.07) is -0.102. The lowest BCUT2D eigenvalue weighted by molar-refractivity contribution is 0.129. The van der Waals surface area contributed by atoms with Gasteiger partial charge in [0.25, 0.3) is 0 Å². The van der Waals surface area contributed by atoms with E-state index in [0.29, 0.717) is 19.7 Å². The Hall–Kier alpha value is -0.810. The third kappa shape index (κ3) is 11.3. The number of nitrogens with one attached hydrogen (secondary N) is 3. The van der Waals surface area contributed by atoms with Gasteiger partial charge in [0.05, 0.1) is 0 Å². The van der Waals surface area contributed by atoms with Gasteiger partial charge in [0, 0.05) is 26.3 Å². The molecule has 0 fully saturated rings. The third-order valence-corrected chi connectivity index (χ3v) is 1.98. The summed E-state index contributed by atoms with van der Waals surface area (Å²) in [5.74, 6) is 0. The summed E-state index contributed by atoms with van der Waals surface area (Å²) >= 11 is 0. The molecule has 16 heavy (non-hydrogen) atoms. The van der Waals surface area contributed by atoms with Crippen LogP contribution in [0.1, 0.15) is 26.7 Å². The highest BCUT2D eigenvalue weighted by molar-refractivity contribution is 5.73. The normalized spacial score (nSPS) is 10.1. The molecule has 5 heteroatoms. The van der Waals surface area contributed by atoms with Crippen molar-refractivity contribution in [3.63, 3.8) is 0 Å². The third-order valence-electron chi connectivity index (χ3n) is 1.98. The predicted octanol–water partition coefficient (Wildman–Crippen LogP) is 0.712. The van der Waals surface area contributed by atoms with E-state index in [9.17, 15) is 4.79 Å². The van der Waals surface area contributed by atoms with E-state index in [1.165, 1.54) is 0 Å². The maximum Gasteiger partial charge on any atom is 0.314 e. The lowest BCUT2D eigenvalue weighted by Crippen LogP contribution is -2.36.